The molecule has 104 valence electrons. The molecule has 0 spiro atoms. The average molecular weight is 297 g/mol. The summed E-state index contributed by atoms with van der Waals surface area (Å²) in [6.45, 7) is 0. The number of nitriles is 1. The molecule has 19 heavy (non-hydrogen) atoms. The normalized spacial score (nSPS) is 11.3. The second kappa shape index (κ2) is 8.35. The molecular formula is C13H19NO3SSi. The largest absolute Gasteiger partial charge is 0.500 e. The zero-order chi connectivity index (χ0) is 14.1. The lowest BCUT2D eigenvalue weighted by atomic mass is 10.1. The molecule has 0 amide bonds. The van der Waals surface area contributed by atoms with Crippen LogP contribution < -0.4 is 0 Å². The third kappa shape index (κ3) is 4.64. The van der Waals surface area contributed by atoms with E-state index in [-0.39, 0.29) is 0 Å². The Balaban J connectivity index is 2.74. The standard InChI is InChI=1S/C13H19NO3SSi/c1-15-19(16-2,17-3)9-8-12-6-4-5-7-13(12)10-18-11-14/h4-7H,8-10H2,1-3H3. The van der Waals surface area contributed by atoms with Gasteiger partial charge in [-0.25, -0.2) is 0 Å². The Kier molecular flexibility index (Phi) is 7.13. The van der Waals surface area contributed by atoms with Crippen molar-refractivity contribution < 1.29 is 13.3 Å². The molecule has 0 aliphatic carbocycles. The number of rotatable bonds is 8. The van der Waals surface area contributed by atoms with Crippen LogP contribution in [0.25, 0.3) is 0 Å². The molecule has 0 atom stereocenters. The Morgan fingerprint density at radius 1 is 1.11 bits per heavy atom. The topological polar surface area (TPSA) is 51.5 Å². The second-order valence-corrected chi connectivity index (χ2v) is 7.79. The summed E-state index contributed by atoms with van der Waals surface area (Å²) >= 11 is 1.25. The third-order valence-electron chi connectivity index (χ3n) is 3.04. The van der Waals surface area contributed by atoms with E-state index in [0.717, 1.165) is 12.5 Å². The predicted octanol–water partition coefficient (Wildman–Crippen LogP) is 2.82. The van der Waals surface area contributed by atoms with E-state index in [2.05, 4.69) is 17.5 Å². The molecule has 0 unspecified atom stereocenters. The molecule has 1 aromatic rings. The van der Waals surface area contributed by atoms with Gasteiger partial charge in [0.1, 0.15) is 5.40 Å². The highest BCUT2D eigenvalue weighted by molar-refractivity contribution is 8.02. The highest BCUT2D eigenvalue weighted by Crippen LogP contribution is 2.21. The lowest BCUT2D eigenvalue weighted by molar-refractivity contribution is 0.123. The van der Waals surface area contributed by atoms with Crippen molar-refractivity contribution in [3.8, 4) is 5.40 Å². The molecule has 1 rings (SSSR count). The molecule has 0 aromatic heterocycles. The molecular weight excluding hydrogens is 278 g/mol. The van der Waals surface area contributed by atoms with Crippen molar-refractivity contribution in [1.29, 1.82) is 5.26 Å². The number of aryl methyl sites for hydroxylation is 1. The summed E-state index contributed by atoms with van der Waals surface area (Å²) in [6, 6.07) is 8.85. The molecule has 0 saturated heterocycles. The Hall–Kier alpha value is -0.843. The monoisotopic (exact) mass is 297 g/mol. The first-order chi connectivity index (χ1) is 9.21. The van der Waals surface area contributed by atoms with Crippen molar-refractivity contribution in [2.24, 2.45) is 0 Å². The maximum atomic E-state index is 8.65. The summed E-state index contributed by atoms with van der Waals surface area (Å²) in [5.41, 5.74) is 2.40. The molecule has 0 heterocycles. The fourth-order valence-electron chi connectivity index (χ4n) is 1.90. The number of thiocyanates is 1. The summed E-state index contributed by atoms with van der Waals surface area (Å²) < 4.78 is 16.2. The first-order valence-corrected chi connectivity index (χ1v) is 8.86. The molecule has 4 nitrogen and oxygen atoms in total. The third-order valence-corrected chi connectivity index (χ3v) is 6.36. The van der Waals surface area contributed by atoms with Crippen molar-refractivity contribution in [3.63, 3.8) is 0 Å². The molecule has 6 heteroatoms. The number of nitrogens with zero attached hydrogens (tertiary/aromatic N) is 1. The molecule has 0 aliphatic heterocycles. The van der Waals surface area contributed by atoms with Crippen LogP contribution in [0.3, 0.4) is 0 Å². The SMILES string of the molecule is CO[Si](CCc1ccccc1CSC#N)(OC)OC. The highest BCUT2D eigenvalue weighted by Gasteiger charge is 2.37. The summed E-state index contributed by atoms with van der Waals surface area (Å²) in [4.78, 5) is 0. The highest BCUT2D eigenvalue weighted by atomic mass is 32.2. The van der Waals surface area contributed by atoms with Gasteiger partial charge < -0.3 is 13.3 Å². The van der Waals surface area contributed by atoms with Gasteiger partial charge in [-0.15, -0.1) is 0 Å². The maximum absolute atomic E-state index is 8.65. The molecule has 0 N–H and O–H groups in total. The minimum atomic E-state index is -2.53. The number of thioether (sulfide) groups is 1. The van der Waals surface area contributed by atoms with E-state index in [4.69, 9.17) is 18.5 Å². The van der Waals surface area contributed by atoms with E-state index in [1.165, 1.54) is 22.9 Å². The van der Waals surface area contributed by atoms with Gasteiger partial charge in [-0.1, -0.05) is 24.3 Å². The van der Waals surface area contributed by atoms with Crippen LogP contribution in [0.5, 0.6) is 0 Å². The van der Waals surface area contributed by atoms with Gasteiger partial charge >= 0.3 is 8.80 Å². The van der Waals surface area contributed by atoms with Crippen LogP contribution in [0.1, 0.15) is 11.1 Å². The van der Waals surface area contributed by atoms with Crippen LogP contribution in [0.4, 0.5) is 0 Å². The zero-order valence-electron chi connectivity index (χ0n) is 11.5. The van der Waals surface area contributed by atoms with Gasteiger partial charge in [-0.2, -0.15) is 5.26 Å². The van der Waals surface area contributed by atoms with Crippen molar-refractivity contribution in [3.05, 3.63) is 35.4 Å². The van der Waals surface area contributed by atoms with Crippen LogP contribution in [0, 0.1) is 10.7 Å². The average Bonchev–Trinajstić information content (AvgIpc) is 2.48. The van der Waals surface area contributed by atoms with E-state index in [1.54, 1.807) is 21.3 Å². The Morgan fingerprint density at radius 2 is 1.68 bits per heavy atom. The van der Waals surface area contributed by atoms with Crippen LogP contribution in [0.2, 0.25) is 6.04 Å². The Labute approximate surface area is 120 Å². The summed E-state index contributed by atoms with van der Waals surface area (Å²) in [7, 11) is 2.34. The van der Waals surface area contributed by atoms with Gasteiger partial charge in [-0.3, -0.25) is 0 Å². The molecule has 0 saturated carbocycles. The van der Waals surface area contributed by atoms with E-state index < -0.39 is 8.80 Å². The van der Waals surface area contributed by atoms with Crippen LogP contribution >= 0.6 is 11.8 Å². The quantitative estimate of drug-likeness (QED) is 0.545. The summed E-state index contributed by atoms with van der Waals surface area (Å²) in [5, 5.41) is 10.8. The molecule has 0 aliphatic rings. The summed E-state index contributed by atoms with van der Waals surface area (Å²) in [6.07, 6.45) is 0.823. The zero-order valence-corrected chi connectivity index (χ0v) is 13.3. The first-order valence-electron chi connectivity index (χ1n) is 5.94. The van der Waals surface area contributed by atoms with Gasteiger partial charge in [0.05, 0.1) is 0 Å². The van der Waals surface area contributed by atoms with E-state index >= 15 is 0 Å². The van der Waals surface area contributed by atoms with Crippen LogP contribution in [-0.2, 0) is 25.5 Å². The van der Waals surface area contributed by atoms with Gasteiger partial charge in [0, 0.05) is 33.1 Å². The molecule has 0 bridgehead atoms. The summed E-state index contributed by atoms with van der Waals surface area (Å²) in [5.74, 6) is 0.703. The maximum Gasteiger partial charge on any atom is 0.500 e. The second-order valence-electron chi connectivity index (χ2n) is 3.94. The molecule has 0 radical (unpaired) electrons. The number of hydrogen-bond donors (Lipinski definition) is 0. The molecule has 0 fully saturated rings. The van der Waals surface area contributed by atoms with E-state index in [0.29, 0.717) is 5.75 Å². The smallest absolute Gasteiger partial charge is 0.377 e. The first kappa shape index (κ1) is 16.2. The van der Waals surface area contributed by atoms with E-state index in [9.17, 15) is 0 Å². The fraction of sp³-hybridized carbons (Fsp3) is 0.462. The van der Waals surface area contributed by atoms with Crippen molar-refractivity contribution in [1.82, 2.24) is 0 Å². The van der Waals surface area contributed by atoms with E-state index in [1.807, 2.05) is 12.1 Å². The Bertz CT molecular complexity index is 424. The van der Waals surface area contributed by atoms with Crippen molar-refractivity contribution in [2.45, 2.75) is 18.2 Å². The lowest BCUT2D eigenvalue weighted by Gasteiger charge is -2.24. The Morgan fingerprint density at radius 3 is 2.21 bits per heavy atom. The fourth-order valence-corrected chi connectivity index (χ4v) is 4.09. The number of benzene rings is 1. The van der Waals surface area contributed by atoms with Crippen LogP contribution in [0.15, 0.2) is 24.3 Å². The van der Waals surface area contributed by atoms with Gasteiger partial charge in [0.15, 0.2) is 0 Å². The van der Waals surface area contributed by atoms with Crippen molar-refractivity contribution >= 4 is 20.6 Å². The predicted molar refractivity (Wildman–Crippen MR) is 78.6 cm³/mol. The van der Waals surface area contributed by atoms with Gasteiger partial charge in [0.25, 0.3) is 0 Å². The minimum absolute atomic E-state index is 0.703. The minimum Gasteiger partial charge on any atom is -0.377 e. The van der Waals surface area contributed by atoms with Gasteiger partial charge in [-0.05, 0) is 29.3 Å². The number of hydrogen-bond acceptors (Lipinski definition) is 5. The van der Waals surface area contributed by atoms with Gasteiger partial charge in [0.2, 0.25) is 0 Å². The van der Waals surface area contributed by atoms with Crippen molar-refractivity contribution in [2.75, 3.05) is 21.3 Å². The van der Waals surface area contributed by atoms with Crippen LogP contribution in [-0.4, -0.2) is 30.1 Å². The molecule has 1 aromatic carbocycles. The lowest BCUT2D eigenvalue weighted by Crippen LogP contribution is -2.43.